The fourth-order valence-electron chi connectivity index (χ4n) is 3.01. The zero-order valence-corrected chi connectivity index (χ0v) is 17.9. The van der Waals surface area contributed by atoms with Gasteiger partial charge in [-0.05, 0) is 55.7 Å². The molecule has 1 saturated heterocycles. The minimum atomic E-state index is -0.651. The van der Waals surface area contributed by atoms with Gasteiger partial charge in [0, 0.05) is 17.3 Å². The van der Waals surface area contributed by atoms with Crippen molar-refractivity contribution in [3.8, 4) is 0 Å². The van der Waals surface area contributed by atoms with Crippen LogP contribution in [0.25, 0.3) is 0 Å². The minimum absolute atomic E-state index is 0.0981. The van der Waals surface area contributed by atoms with E-state index in [1.165, 1.54) is 5.56 Å². The maximum absolute atomic E-state index is 12.6. The summed E-state index contributed by atoms with van der Waals surface area (Å²) in [6.45, 7) is 5.73. The molecule has 1 fully saturated rings. The molecule has 0 saturated carbocycles. The Hall–Kier alpha value is -1.98. The van der Waals surface area contributed by atoms with Crippen LogP contribution in [0.15, 0.2) is 48.5 Å². The fourth-order valence-corrected chi connectivity index (χ4v) is 4.30. The molecule has 1 aliphatic rings. The summed E-state index contributed by atoms with van der Waals surface area (Å²) in [5.41, 5.74) is 3.16. The fraction of sp³-hybridized carbons (Fsp3) is 0.364. The van der Waals surface area contributed by atoms with E-state index in [9.17, 15) is 9.59 Å². The van der Waals surface area contributed by atoms with Crippen LogP contribution in [-0.2, 0) is 16.0 Å². The molecule has 1 N–H and O–H groups in total. The van der Waals surface area contributed by atoms with Crippen LogP contribution >= 0.6 is 23.4 Å². The molecule has 2 amide bonds. The van der Waals surface area contributed by atoms with Crippen molar-refractivity contribution in [2.75, 3.05) is 21.8 Å². The largest absolute Gasteiger partial charge is 0.326 e. The van der Waals surface area contributed by atoms with Crippen LogP contribution in [0.5, 0.6) is 0 Å². The minimum Gasteiger partial charge on any atom is -0.326 e. The molecule has 0 spiro atoms. The van der Waals surface area contributed by atoms with E-state index in [0.717, 1.165) is 17.7 Å². The number of thioether (sulfide) groups is 1. The highest BCUT2D eigenvalue weighted by atomic mass is 35.5. The number of hydrogen-bond acceptors (Lipinski definition) is 3. The maximum atomic E-state index is 12.6. The van der Waals surface area contributed by atoms with Crippen LogP contribution in [0.3, 0.4) is 0 Å². The van der Waals surface area contributed by atoms with Gasteiger partial charge >= 0.3 is 0 Å². The Morgan fingerprint density at radius 2 is 2.00 bits per heavy atom. The summed E-state index contributed by atoms with van der Waals surface area (Å²) in [4.78, 5) is 26.9. The summed E-state index contributed by atoms with van der Waals surface area (Å²) in [5.74, 6) is 0.660. The van der Waals surface area contributed by atoms with Crippen molar-refractivity contribution >= 4 is 46.6 Å². The number of anilines is 2. The smallest absolute Gasteiger partial charge is 0.238 e. The van der Waals surface area contributed by atoms with Gasteiger partial charge < -0.3 is 5.32 Å². The highest BCUT2D eigenvalue weighted by Crippen LogP contribution is 2.42. The lowest BCUT2D eigenvalue weighted by atomic mass is 9.95. The molecule has 2 aromatic rings. The standard InChI is InChI=1S/C22H25ClN2O2S/c1-4-15-7-5-10-18(11-15)25-19(26)13-28-20(25)16-8-6-9-17(12-16)24-21(27)22(2,3)14-23/h5-12,20H,4,13-14H2,1-3H3,(H,24,27). The van der Waals surface area contributed by atoms with E-state index in [1.807, 2.05) is 55.1 Å². The molecule has 0 radical (unpaired) electrons. The Morgan fingerprint density at radius 3 is 2.71 bits per heavy atom. The first-order chi connectivity index (χ1) is 13.4. The number of nitrogens with one attached hydrogen (secondary N) is 1. The number of hydrogen-bond donors (Lipinski definition) is 1. The van der Waals surface area contributed by atoms with Crippen LogP contribution in [0.1, 0.15) is 37.3 Å². The zero-order chi connectivity index (χ0) is 20.3. The Bertz CT molecular complexity index is 884. The number of nitrogens with zero attached hydrogens (tertiary/aromatic N) is 1. The summed E-state index contributed by atoms with van der Waals surface area (Å²) in [6, 6.07) is 15.8. The second-order valence-electron chi connectivity index (χ2n) is 7.55. The summed E-state index contributed by atoms with van der Waals surface area (Å²) >= 11 is 7.51. The van der Waals surface area contributed by atoms with Gasteiger partial charge in [0.25, 0.3) is 0 Å². The van der Waals surface area contributed by atoms with Gasteiger partial charge in [0.1, 0.15) is 5.37 Å². The topological polar surface area (TPSA) is 49.4 Å². The van der Waals surface area contributed by atoms with E-state index < -0.39 is 5.41 Å². The van der Waals surface area contributed by atoms with E-state index in [4.69, 9.17) is 11.6 Å². The molecule has 3 rings (SSSR count). The van der Waals surface area contributed by atoms with E-state index in [0.29, 0.717) is 11.4 Å². The molecule has 0 bridgehead atoms. The van der Waals surface area contributed by atoms with E-state index in [-0.39, 0.29) is 23.1 Å². The molecule has 28 heavy (non-hydrogen) atoms. The molecular formula is C22H25ClN2O2S. The van der Waals surface area contributed by atoms with Gasteiger partial charge in [0.15, 0.2) is 0 Å². The van der Waals surface area contributed by atoms with Gasteiger partial charge in [0.2, 0.25) is 11.8 Å². The molecule has 2 aromatic carbocycles. The molecular weight excluding hydrogens is 392 g/mol. The maximum Gasteiger partial charge on any atom is 0.238 e. The molecule has 6 heteroatoms. The lowest BCUT2D eigenvalue weighted by molar-refractivity contribution is -0.123. The average Bonchev–Trinajstić information content (AvgIpc) is 3.09. The second-order valence-corrected chi connectivity index (χ2v) is 8.88. The predicted octanol–water partition coefficient (Wildman–Crippen LogP) is 5.23. The van der Waals surface area contributed by atoms with Gasteiger partial charge in [0.05, 0.1) is 11.2 Å². The van der Waals surface area contributed by atoms with Crippen molar-refractivity contribution in [3.63, 3.8) is 0 Å². The van der Waals surface area contributed by atoms with Crippen molar-refractivity contribution in [2.45, 2.75) is 32.6 Å². The van der Waals surface area contributed by atoms with Crippen molar-refractivity contribution in [1.82, 2.24) is 0 Å². The molecule has 0 aromatic heterocycles. The molecule has 148 valence electrons. The van der Waals surface area contributed by atoms with Gasteiger partial charge in [-0.2, -0.15) is 0 Å². The summed E-state index contributed by atoms with van der Waals surface area (Å²) in [6.07, 6.45) is 0.922. The molecule has 1 aliphatic heterocycles. The zero-order valence-electron chi connectivity index (χ0n) is 16.4. The normalized spacial score (nSPS) is 17.1. The average molecular weight is 417 g/mol. The van der Waals surface area contributed by atoms with Crippen LogP contribution in [0.2, 0.25) is 0 Å². The first kappa shape index (κ1) is 20.7. The lowest BCUT2D eigenvalue weighted by Crippen LogP contribution is -2.32. The summed E-state index contributed by atoms with van der Waals surface area (Å²) in [5, 5.41) is 2.83. The first-order valence-electron chi connectivity index (χ1n) is 9.35. The predicted molar refractivity (Wildman–Crippen MR) is 118 cm³/mol. The van der Waals surface area contributed by atoms with Gasteiger partial charge in [-0.15, -0.1) is 23.4 Å². The molecule has 1 heterocycles. The van der Waals surface area contributed by atoms with E-state index in [2.05, 4.69) is 24.4 Å². The Balaban J connectivity index is 1.88. The molecule has 0 aliphatic carbocycles. The van der Waals surface area contributed by atoms with Crippen molar-refractivity contribution < 1.29 is 9.59 Å². The van der Waals surface area contributed by atoms with Gasteiger partial charge in [-0.3, -0.25) is 14.5 Å². The number of amides is 2. The van der Waals surface area contributed by atoms with Crippen molar-refractivity contribution in [3.05, 3.63) is 59.7 Å². The number of halogens is 1. The number of carbonyl (C=O) groups is 2. The van der Waals surface area contributed by atoms with Crippen LogP contribution < -0.4 is 10.2 Å². The third kappa shape index (κ3) is 4.36. The highest BCUT2D eigenvalue weighted by molar-refractivity contribution is 8.00. The van der Waals surface area contributed by atoms with Crippen LogP contribution in [0.4, 0.5) is 11.4 Å². The summed E-state index contributed by atoms with van der Waals surface area (Å²) in [7, 11) is 0. The third-order valence-electron chi connectivity index (χ3n) is 4.84. The molecule has 1 unspecified atom stereocenters. The third-order valence-corrected chi connectivity index (χ3v) is 6.72. The number of aryl methyl sites for hydroxylation is 1. The van der Waals surface area contributed by atoms with Crippen molar-refractivity contribution in [1.29, 1.82) is 0 Å². The van der Waals surface area contributed by atoms with Crippen LogP contribution in [-0.4, -0.2) is 23.4 Å². The number of rotatable bonds is 6. The molecule has 4 nitrogen and oxygen atoms in total. The Morgan fingerprint density at radius 1 is 1.25 bits per heavy atom. The second kappa shape index (κ2) is 8.58. The lowest BCUT2D eigenvalue weighted by Gasteiger charge is -2.25. The van der Waals surface area contributed by atoms with E-state index >= 15 is 0 Å². The number of alkyl halides is 1. The Kier molecular flexibility index (Phi) is 6.36. The van der Waals surface area contributed by atoms with Gasteiger partial charge in [-0.1, -0.05) is 31.2 Å². The monoisotopic (exact) mass is 416 g/mol. The quantitative estimate of drug-likeness (QED) is 0.656. The van der Waals surface area contributed by atoms with E-state index in [1.54, 1.807) is 11.8 Å². The highest BCUT2D eigenvalue weighted by Gasteiger charge is 2.34. The Labute approximate surface area is 175 Å². The van der Waals surface area contributed by atoms with Crippen molar-refractivity contribution in [2.24, 2.45) is 5.41 Å². The van der Waals surface area contributed by atoms with Crippen LogP contribution in [0, 0.1) is 5.41 Å². The van der Waals surface area contributed by atoms with Gasteiger partial charge in [-0.25, -0.2) is 0 Å². The SMILES string of the molecule is CCc1cccc(N2C(=O)CSC2c2cccc(NC(=O)C(C)(C)CCl)c2)c1. The number of benzene rings is 2. The first-order valence-corrected chi connectivity index (χ1v) is 10.9. The molecule has 1 atom stereocenters. The number of carbonyl (C=O) groups excluding carboxylic acids is 2. The summed E-state index contributed by atoms with van der Waals surface area (Å²) < 4.78 is 0.